The molecule has 0 aliphatic heterocycles. The summed E-state index contributed by atoms with van der Waals surface area (Å²) >= 11 is 0. The van der Waals surface area contributed by atoms with E-state index in [9.17, 15) is 36.2 Å². The molecule has 1 unspecified atom stereocenters. The zero-order chi connectivity index (χ0) is 28.8. The molecule has 0 spiro atoms. The number of carbonyl (C=O) groups excluding carboxylic acids is 1. The summed E-state index contributed by atoms with van der Waals surface area (Å²) in [7, 11) is 1.24. The number of aryl methyl sites for hydroxylation is 1. The van der Waals surface area contributed by atoms with Crippen LogP contribution in [0.15, 0.2) is 30.6 Å². The maximum atomic E-state index is 14.2. The van der Waals surface area contributed by atoms with Gasteiger partial charge in [-0.15, -0.1) is 0 Å². The van der Waals surface area contributed by atoms with Gasteiger partial charge in [0.2, 0.25) is 0 Å². The van der Waals surface area contributed by atoms with E-state index in [1.165, 1.54) is 20.0 Å². The first kappa shape index (κ1) is 31.7. The number of ether oxygens (including phenoxy) is 1. The van der Waals surface area contributed by atoms with E-state index in [0.717, 1.165) is 27.6 Å². The average Bonchev–Trinajstić information content (AvgIpc) is 3.19. The van der Waals surface area contributed by atoms with Crippen LogP contribution in [0.25, 0.3) is 16.9 Å². The summed E-state index contributed by atoms with van der Waals surface area (Å²) in [6.07, 6.45) is -10.0. The number of nitrogen functional groups attached to an aromatic ring is 1. The number of anilines is 1. The van der Waals surface area contributed by atoms with E-state index in [4.69, 9.17) is 10.5 Å². The second kappa shape index (κ2) is 10.5. The Morgan fingerprint density at radius 1 is 1.15 bits per heavy atom. The first-order chi connectivity index (χ1) is 17.2. The van der Waals surface area contributed by atoms with Crippen molar-refractivity contribution in [2.24, 2.45) is 0 Å². The van der Waals surface area contributed by atoms with E-state index in [0.29, 0.717) is 11.8 Å². The van der Waals surface area contributed by atoms with E-state index in [-0.39, 0.29) is 24.3 Å². The number of hydrogen-bond acceptors (Lipinski definition) is 6. The third-order valence-electron chi connectivity index (χ3n) is 5.78. The molecule has 39 heavy (non-hydrogen) atoms. The molecule has 0 aliphatic carbocycles. The van der Waals surface area contributed by atoms with Crippen molar-refractivity contribution in [1.82, 2.24) is 19.3 Å². The van der Waals surface area contributed by atoms with Crippen LogP contribution in [-0.4, -0.2) is 55.8 Å². The summed E-state index contributed by atoms with van der Waals surface area (Å²) in [5.74, 6) is -0.517. The van der Waals surface area contributed by atoms with Gasteiger partial charge in [0, 0.05) is 31.8 Å². The Morgan fingerprint density at radius 2 is 1.77 bits per heavy atom. The molecule has 2 aromatic heterocycles. The molecule has 0 saturated carbocycles. The van der Waals surface area contributed by atoms with Crippen molar-refractivity contribution in [3.05, 3.63) is 47.4 Å². The molecule has 0 bridgehead atoms. The van der Waals surface area contributed by atoms with E-state index < -0.39 is 59.7 Å². The van der Waals surface area contributed by atoms with Gasteiger partial charge < -0.3 is 20.5 Å². The second-order valence-corrected chi connectivity index (χ2v) is 9.89. The fourth-order valence-electron chi connectivity index (χ4n) is 3.71. The third kappa shape index (κ3) is 6.54. The lowest BCUT2D eigenvalue weighted by molar-refractivity contribution is -0.269. The minimum Gasteiger partial charge on any atom is -0.444 e. The number of fused-ring (bicyclic) bond motifs is 1. The number of nitrogens with zero attached hydrogens (tertiary/aromatic N) is 4. The predicted molar refractivity (Wildman–Crippen MR) is 133 cm³/mol. The monoisotopic (exact) mass is 563 g/mol. The van der Waals surface area contributed by atoms with Crippen molar-refractivity contribution in [2.45, 2.75) is 65.1 Å². The Balaban J connectivity index is 0.00000533. The summed E-state index contributed by atoms with van der Waals surface area (Å²) in [5, 5.41) is 10.9. The molecular formula is C25H31F6N5O3. The van der Waals surface area contributed by atoms with E-state index >= 15 is 0 Å². The van der Waals surface area contributed by atoms with Crippen molar-refractivity contribution in [1.29, 1.82) is 0 Å². The molecule has 1 atom stereocenters. The van der Waals surface area contributed by atoms with Crippen LogP contribution in [-0.2, 0) is 16.5 Å². The first-order valence-corrected chi connectivity index (χ1v) is 11.3. The fourth-order valence-corrected chi connectivity index (χ4v) is 3.71. The third-order valence-corrected chi connectivity index (χ3v) is 5.78. The molecule has 216 valence electrons. The van der Waals surface area contributed by atoms with E-state index in [1.54, 1.807) is 20.8 Å². The molecule has 0 saturated heterocycles. The second-order valence-electron chi connectivity index (χ2n) is 9.89. The highest BCUT2D eigenvalue weighted by Crippen LogP contribution is 2.43. The van der Waals surface area contributed by atoms with Crippen molar-refractivity contribution in [2.75, 3.05) is 19.3 Å². The molecule has 0 radical (unpaired) electrons. The zero-order valence-electron chi connectivity index (χ0n) is 21.2. The molecule has 0 aliphatic rings. The SMILES string of the molecule is C.Cc1ccc(C(O)(CCN(C)C(=O)OC(C)(C)C)C(F)(F)F)cc1-c1cnc2c(N)nc(C(F)(F)F)cn12. The quantitative estimate of drug-likeness (QED) is 0.372. The fraction of sp³-hybridized carbons (Fsp3) is 0.480. The van der Waals surface area contributed by atoms with E-state index in [1.807, 2.05) is 0 Å². The number of carbonyl (C=O) groups is 1. The summed E-state index contributed by atoms with van der Waals surface area (Å²) in [5.41, 5.74) is -0.154. The van der Waals surface area contributed by atoms with Crippen LogP contribution in [0.1, 0.15) is 51.4 Å². The van der Waals surface area contributed by atoms with E-state index in [2.05, 4.69) is 9.97 Å². The van der Waals surface area contributed by atoms with Crippen LogP contribution < -0.4 is 5.73 Å². The van der Waals surface area contributed by atoms with Crippen LogP contribution in [0.2, 0.25) is 0 Å². The van der Waals surface area contributed by atoms with Crippen LogP contribution in [0.5, 0.6) is 0 Å². The summed E-state index contributed by atoms with van der Waals surface area (Å²) in [4.78, 5) is 20.4. The molecule has 1 aromatic carbocycles. The number of benzene rings is 1. The Labute approximate surface area is 221 Å². The zero-order valence-corrected chi connectivity index (χ0v) is 21.2. The van der Waals surface area contributed by atoms with Crippen LogP contribution in [0.3, 0.4) is 0 Å². The minimum atomic E-state index is -5.16. The maximum absolute atomic E-state index is 14.2. The van der Waals surface area contributed by atoms with Crippen molar-refractivity contribution in [3.8, 4) is 11.3 Å². The highest BCUT2D eigenvalue weighted by atomic mass is 19.4. The topological polar surface area (TPSA) is 106 Å². The highest BCUT2D eigenvalue weighted by molar-refractivity contribution is 5.72. The van der Waals surface area contributed by atoms with Gasteiger partial charge in [0.15, 0.2) is 22.8 Å². The smallest absolute Gasteiger partial charge is 0.434 e. The molecule has 3 N–H and O–H groups in total. The van der Waals surface area contributed by atoms with Gasteiger partial charge in [0.25, 0.3) is 0 Å². The lowest BCUT2D eigenvalue weighted by Crippen LogP contribution is -2.45. The van der Waals surface area contributed by atoms with Crippen molar-refractivity contribution >= 4 is 17.6 Å². The lowest BCUT2D eigenvalue weighted by Gasteiger charge is -2.33. The molecule has 8 nitrogen and oxygen atoms in total. The lowest BCUT2D eigenvalue weighted by atomic mass is 9.87. The molecule has 14 heteroatoms. The molecule has 2 heterocycles. The van der Waals surface area contributed by atoms with Gasteiger partial charge in [0.05, 0.1) is 11.9 Å². The summed E-state index contributed by atoms with van der Waals surface area (Å²) in [6.45, 7) is 5.82. The largest absolute Gasteiger partial charge is 0.444 e. The number of imidazole rings is 1. The number of amides is 1. The number of aromatic nitrogens is 3. The van der Waals surface area contributed by atoms with Crippen LogP contribution in [0.4, 0.5) is 37.0 Å². The molecule has 3 rings (SSSR count). The maximum Gasteiger partial charge on any atom is 0.434 e. The molecule has 0 fully saturated rings. The molecule has 3 aromatic rings. The number of alkyl halides is 6. The van der Waals surface area contributed by atoms with Crippen LogP contribution >= 0.6 is 0 Å². The van der Waals surface area contributed by atoms with Gasteiger partial charge in [-0.1, -0.05) is 19.6 Å². The van der Waals surface area contributed by atoms with Crippen LogP contribution in [0, 0.1) is 6.92 Å². The standard InChI is InChI=1S/C24H27F6N5O3.CH4/c1-13-6-7-14(22(37,24(28,29)30)8-9-34(5)20(36)38-21(2,3)4)10-15(13)16-11-32-19-18(31)33-17(12-35(16)19)23(25,26)27;/h6-7,10-12,37H,8-9H2,1-5H3,(H2,31,33);1H4. The minimum absolute atomic E-state index is 0. The molecular weight excluding hydrogens is 532 g/mol. The van der Waals surface area contributed by atoms with Gasteiger partial charge in [-0.3, -0.25) is 4.40 Å². The Kier molecular flexibility index (Phi) is 8.56. The number of halogens is 6. The summed E-state index contributed by atoms with van der Waals surface area (Å²) in [6, 6.07) is 3.40. The van der Waals surface area contributed by atoms with Crippen molar-refractivity contribution in [3.63, 3.8) is 0 Å². The number of rotatable bonds is 5. The Bertz CT molecular complexity index is 1350. The first-order valence-electron chi connectivity index (χ1n) is 11.3. The van der Waals surface area contributed by atoms with Gasteiger partial charge in [-0.2, -0.15) is 26.3 Å². The molecule has 1 amide bonds. The van der Waals surface area contributed by atoms with Gasteiger partial charge >= 0.3 is 18.4 Å². The predicted octanol–water partition coefficient (Wildman–Crippen LogP) is 5.95. The number of nitrogens with two attached hydrogens (primary N) is 1. The van der Waals surface area contributed by atoms with Gasteiger partial charge in [0.1, 0.15) is 5.60 Å². The Morgan fingerprint density at radius 3 is 2.31 bits per heavy atom. The number of hydrogen-bond donors (Lipinski definition) is 2. The van der Waals surface area contributed by atoms with Gasteiger partial charge in [-0.25, -0.2) is 14.8 Å². The van der Waals surface area contributed by atoms with Gasteiger partial charge in [-0.05, 0) is 44.9 Å². The summed E-state index contributed by atoms with van der Waals surface area (Å²) < 4.78 is 88.8. The number of aliphatic hydroxyl groups is 1. The van der Waals surface area contributed by atoms with Crippen molar-refractivity contribution < 1.29 is 41.0 Å². The Hall–Kier alpha value is -3.55. The normalized spacial score (nSPS) is 14.1. The highest BCUT2D eigenvalue weighted by Gasteiger charge is 2.55. The average molecular weight is 564 g/mol.